The second-order valence-electron chi connectivity index (χ2n) is 7.78. The lowest BCUT2D eigenvalue weighted by molar-refractivity contribution is -0.136. The minimum absolute atomic E-state index is 0.173. The van der Waals surface area contributed by atoms with Gasteiger partial charge in [-0.1, -0.05) is 36.6 Å². The SMILES string of the molecule is Cn1nc(-c2nnc(-c3ccccc3Cl)o2)c2c1CCN(C(=O)C1CCCC1)C2. The van der Waals surface area contributed by atoms with Crippen LogP contribution in [0, 0.1) is 5.92 Å². The van der Waals surface area contributed by atoms with E-state index in [1.165, 1.54) is 0 Å². The van der Waals surface area contributed by atoms with Gasteiger partial charge in [-0.15, -0.1) is 10.2 Å². The fourth-order valence-corrected chi connectivity index (χ4v) is 4.66. The van der Waals surface area contributed by atoms with Crippen molar-refractivity contribution in [3.63, 3.8) is 0 Å². The smallest absolute Gasteiger partial charge is 0.268 e. The molecule has 8 heteroatoms. The van der Waals surface area contributed by atoms with Crippen molar-refractivity contribution in [1.82, 2.24) is 24.9 Å². The van der Waals surface area contributed by atoms with E-state index < -0.39 is 0 Å². The van der Waals surface area contributed by atoms with Crippen LogP contribution in [-0.2, 0) is 24.8 Å². The molecule has 1 aromatic carbocycles. The molecule has 3 aromatic rings. The Balaban J connectivity index is 1.46. The second-order valence-corrected chi connectivity index (χ2v) is 8.19. The molecular formula is C21H22ClN5O2. The first-order valence-corrected chi connectivity index (χ1v) is 10.4. The van der Waals surface area contributed by atoms with E-state index in [1.54, 1.807) is 6.07 Å². The minimum atomic E-state index is 0.173. The lowest BCUT2D eigenvalue weighted by Gasteiger charge is -2.29. The van der Waals surface area contributed by atoms with Crippen LogP contribution in [0.5, 0.6) is 0 Å². The molecule has 0 N–H and O–H groups in total. The van der Waals surface area contributed by atoms with Crippen LogP contribution in [0.1, 0.15) is 36.9 Å². The highest BCUT2D eigenvalue weighted by atomic mass is 35.5. The molecule has 1 aliphatic heterocycles. The number of aryl methyl sites for hydroxylation is 1. The highest BCUT2D eigenvalue weighted by molar-refractivity contribution is 6.33. The zero-order valence-corrected chi connectivity index (χ0v) is 17.0. The summed E-state index contributed by atoms with van der Waals surface area (Å²) in [5, 5.41) is 13.6. The first kappa shape index (κ1) is 18.4. The van der Waals surface area contributed by atoms with Crippen molar-refractivity contribution < 1.29 is 9.21 Å². The van der Waals surface area contributed by atoms with Crippen LogP contribution in [0.25, 0.3) is 23.0 Å². The number of amides is 1. The van der Waals surface area contributed by atoms with E-state index in [0.29, 0.717) is 34.6 Å². The number of carbonyl (C=O) groups excluding carboxylic acids is 1. The van der Waals surface area contributed by atoms with Crippen LogP contribution in [0.15, 0.2) is 28.7 Å². The standard InChI is InChI=1S/C21H22ClN5O2/c1-26-17-10-11-27(21(28)13-6-2-3-7-13)12-15(17)18(25-26)20-24-23-19(29-20)14-8-4-5-9-16(14)22/h4-5,8-9,13H,2-3,6-7,10-12H2,1H3. The zero-order chi connectivity index (χ0) is 20.0. The van der Waals surface area contributed by atoms with Crippen LogP contribution >= 0.6 is 11.6 Å². The van der Waals surface area contributed by atoms with Crippen molar-refractivity contribution in [2.45, 2.75) is 38.6 Å². The van der Waals surface area contributed by atoms with Gasteiger partial charge in [-0.3, -0.25) is 9.48 Å². The van der Waals surface area contributed by atoms with Crippen LogP contribution in [0.2, 0.25) is 5.02 Å². The normalized spacial score (nSPS) is 17.0. The van der Waals surface area contributed by atoms with Crippen molar-refractivity contribution >= 4 is 17.5 Å². The third-order valence-corrected chi connectivity index (χ3v) is 6.32. The molecule has 150 valence electrons. The number of hydrogen-bond acceptors (Lipinski definition) is 5. The van der Waals surface area contributed by atoms with Gasteiger partial charge in [0.25, 0.3) is 5.89 Å². The topological polar surface area (TPSA) is 77.1 Å². The molecule has 2 aromatic heterocycles. The fourth-order valence-electron chi connectivity index (χ4n) is 4.45. The van der Waals surface area contributed by atoms with Gasteiger partial charge in [0.2, 0.25) is 11.8 Å². The molecule has 5 rings (SSSR count). The predicted octanol–water partition coefficient (Wildman–Crippen LogP) is 3.87. The molecule has 0 bridgehead atoms. The maximum absolute atomic E-state index is 12.9. The summed E-state index contributed by atoms with van der Waals surface area (Å²) in [6, 6.07) is 7.36. The maximum atomic E-state index is 12.9. The molecule has 0 saturated heterocycles. The summed E-state index contributed by atoms with van der Waals surface area (Å²) in [4.78, 5) is 14.9. The Bertz CT molecular complexity index is 1070. The lowest BCUT2D eigenvalue weighted by atomic mass is 10.0. The van der Waals surface area contributed by atoms with Gasteiger partial charge in [0.15, 0.2) is 5.69 Å². The highest BCUT2D eigenvalue weighted by Gasteiger charge is 2.33. The van der Waals surface area contributed by atoms with E-state index in [4.69, 9.17) is 16.0 Å². The number of benzene rings is 1. The van der Waals surface area contributed by atoms with E-state index in [0.717, 1.165) is 49.9 Å². The van der Waals surface area contributed by atoms with Gasteiger partial charge in [0, 0.05) is 43.7 Å². The molecule has 3 heterocycles. The van der Waals surface area contributed by atoms with Gasteiger partial charge in [0.05, 0.1) is 10.6 Å². The van der Waals surface area contributed by atoms with Crippen molar-refractivity contribution in [2.75, 3.05) is 6.54 Å². The number of carbonyl (C=O) groups is 1. The molecule has 2 aliphatic rings. The van der Waals surface area contributed by atoms with Crippen LogP contribution in [0.3, 0.4) is 0 Å². The third kappa shape index (κ3) is 3.23. The second kappa shape index (κ2) is 7.30. The Morgan fingerprint density at radius 1 is 1.17 bits per heavy atom. The number of fused-ring (bicyclic) bond motifs is 1. The number of halogens is 1. The van der Waals surface area contributed by atoms with Gasteiger partial charge in [-0.05, 0) is 25.0 Å². The number of nitrogens with zero attached hydrogens (tertiary/aromatic N) is 5. The van der Waals surface area contributed by atoms with Gasteiger partial charge in [-0.2, -0.15) is 5.10 Å². The summed E-state index contributed by atoms with van der Waals surface area (Å²) in [7, 11) is 1.92. The summed E-state index contributed by atoms with van der Waals surface area (Å²) in [6.45, 7) is 1.27. The molecule has 0 atom stereocenters. The Morgan fingerprint density at radius 2 is 1.93 bits per heavy atom. The van der Waals surface area contributed by atoms with Crippen LogP contribution in [0.4, 0.5) is 0 Å². The van der Waals surface area contributed by atoms with Gasteiger partial charge in [-0.25, -0.2) is 0 Å². The first-order chi connectivity index (χ1) is 14.1. The van der Waals surface area contributed by atoms with Crippen molar-refractivity contribution in [1.29, 1.82) is 0 Å². The first-order valence-electron chi connectivity index (χ1n) is 10.0. The summed E-state index contributed by atoms with van der Waals surface area (Å²) in [5.41, 5.74) is 3.46. The highest BCUT2D eigenvalue weighted by Crippen LogP contribution is 2.34. The summed E-state index contributed by atoms with van der Waals surface area (Å²) in [5.74, 6) is 1.16. The monoisotopic (exact) mass is 411 g/mol. The van der Waals surface area contributed by atoms with E-state index in [1.807, 2.05) is 34.8 Å². The zero-order valence-electron chi connectivity index (χ0n) is 16.3. The minimum Gasteiger partial charge on any atom is -0.414 e. The molecule has 29 heavy (non-hydrogen) atoms. The summed E-state index contributed by atoms with van der Waals surface area (Å²) in [6.07, 6.45) is 5.10. The molecule has 1 aliphatic carbocycles. The number of rotatable bonds is 3. The van der Waals surface area contributed by atoms with Gasteiger partial charge < -0.3 is 9.32 Å². The summed E-state index contributed by atoms with van der Waals surface area (Å²) < 4.78 is 7.79. The van der Waals surface area contributed by atoms with E-state index >= 15 is 0 Å². The van der Waals surface area contributed by atoms with E-state index in [-0.39, 0.29) is 11.8 Å². The largest absolute Gasteiger partial charge is 0.414 e. The molecule has 0 spiro atoms. The van der Waals surface area contributed by atoms with Crippen LogP contribution in [-0.4, -0.2) is 37.3 Å². The quantitative estimate of drug-likeness (QED) is 0.653. The Hall–Kier alpha value is -2.67. The molecular weight excluding hydrogens is 390 g/mol. The Labute approximate surface area is 173 Å². The Morgan fingerprint density at radius 3 is 2.72 bits per heavy atom. The van der Waals surface area contributed by atoms with Crippen molar-refractivity contribution in [2.24, 2.45) is 13.0 Å². The van der Waals surface area contributed by atoms with Gasteiger partial charge in [0.1, 0.15) is 0 Å². The average molecular weight is 412 g/mol. The molecule has 0 unspecified atom stereocenters. The van der Waals surface area contributed by atoms with E-state index in [2.05, 4.69) is 15.3 Å². The fraction of sp³-hybridized carbons (Fsp3) is 0.429. The molecule has 1 amide bonds. The predicted molar refractivity (Wildman–Crippen MR) is 108 cm³/mol. The molecule has 1 fully saturated rings. The van der Waals surface area contributed by atoms with E-state index in [9.17, 15) is 4.79 Å². The van der Waals surface area contributed by atoms with Crippen LogP contribution < -0.4 is 0 Å². The number of aromatic nitrogens is 4. The van der Waals surface area contributed by atoms with Crippen molar-refractivity contribution in [3.05, 3.63) is 40.5 Å². The Kier molecular flexibility index (Phi) is 4.62. The maximum Gasteiger partial charge on any atom is 0.268 e. The number of hydrogen-bond donors (Lipinski definition) is 0. The molecule has 0 radical (unpaired) electrons. The van der Waals surface area contributed by atoms with Gasteiger partial charge >= 0.3 is 0 Å². The summed E-state index contributed by atoms with van der Waals surface area (Å²) >= 11 is 6.26. The third-order valence-electron chi connectivity index (χ3n) is 5.99. The lowest BCUT2D eigenvalue weighted by Crippen LogP contribution is -2.39. The van der Waals surface area contributed by atoms with Crippen molar-refractivity contribution in [3.8, 4) is 23.0 Å². The molecule has 7 nitrogen and oxygen atoms in total. The average Bonchev–Trinajstić information content (AvgIpc) is 3.48. The molecule has 1 saturated carbocycles.